The molecule has 8 nitrogen and oxygen atoms in total. The molecule has 2 heterocycles. The van der Waals surface area contributed by atoms with Gasteiger partial charge in [-0.3, -0.25) is 29.5 Å². The molecule has 2 saturated heterocycles. The third kappa shape index (κ3) is 4.58. The van der Waals surface area contributed by atoms with Gasteiger partial charge in [-0.15, -0.1) is 0 Å². The highest BCUT2D eigenvalue weighted by molar-refractivity contribution is 9.10. The summed E-state index contributed by atoms with van der Waals surface area (Å²) in [6.07, 6.45) is 2.48. The van der Waals surface area contributed by atoms with Gasteiger partial charge in [0.15, 0.2) is 0 Å². The number of hydrogen-bond acceptors (Lipinski definition) is 6. The van der Waals surface area contributed by atoms with Crippen molar-refractivity contribution in [1.82, 2.24) is 5.01 Å². The summed E-state index contributed by atoms with van der Waals surface area (Å²) in [7, 11) is 0. The van der Waals surface area contributed by atoms with Crippen LogP contribution in [0.25, 0.3) is 10.8 Å². The van der Waals surface area contributed by atoms with Gasteiger partial charge in [0.05, 0.1) is 34.5 Å². The fraction of sp³-hybridized carbons (Fsp3) is 0.209. The summed E-state index contributed by atoms with van der Waals surface area (Å²) < 4.78 is 0.826. The van der Waals surface area contributed by atoms with Crippen LogP contribution in [0.2, 0.25) is 0 Å². The quantitative estimate of drug-likeness (QED) is 0.140. The molecule has 52 heavy (non-hydrogen) atoms. The molecule has 1 saturated carbocycles. The van der Waals surface area contributed by atoms with Gasteiger partial charge in [0.1, 0.15) is 5.75 Å². The Kier molecular flexibility index (Phi) is 7.48. The molecule has 3 fully saturated rings. The number of phenols is 1. The number of rotatable bonds is 5. The molecule has 0 aromatic heterocycles. The smallest absolute Gasteiger partial charge is 0.260 e. The van der Waals surface area contributed by atoms with E-state index < -0.39 is 46.8 Å². The number of carbonyl (C=O) groups is 4. The molecular formula is C43H34BrN3O5. The van der Waals surface area contributed by atoms with E-state index in [4.69, 9.17) is 0 Å². The monoisotopic (exact) mass is 751 g/mol. The molecule has 9 heteroatoms. The second-order valence-corrected chi connectivity index (χ2v) is 15.2. The van der Waals surface area contributed by atoms with E-state index in [0.717, 1.165) is 31.4 Å². The zero-order valence-electron chi connectivity index (χ0n) is 28.2. The Bertz CT molecular complexity index is 2340. The van der Waals surface area contributed by atoms with Crippen LogP contribution in [0.15, 0.2) is 131 Å². The topological polar surface area (TPSA) is 107 Å². The van der Waals surface area contributed by atoms with Crippen molar-refractivity contribution in [2.24, 2.45) is 23.7 Å². The van der Waals surface area contributed by atoms with Crippen molar-refractivity contribution in [3.63, 3.8) is 0 Å². The van der Waals surface area contributed by atoms with Crippen LogP contribution in [0.3, 0.4) is 0 Å². The molecule has 4 amide bonds. The number of fused-ring (bicyclic) bond motifs is 5. The van der Waals surface area contributed by atoms with Gasteiger partial charge in [0.25, 0.3) is 11.8 Å². The molecule has 2 aliphatic heterocycles. The normalized spacial score (nSPS) is 26.7. The predicted molar refractivity (Wildman–Crippen MR) is 201 cm³/mol. The molecule has 6 atom stereocenters. The Balaban J connectivity index is 1.28. The van der Waals surface area contributed by atoms with Crippen LogP contribution in [0.1, 0.15) is 35.4 Å². The van der Waals surface area contributed by atoms with E-state index in [-0.39, 0.29) is 24.0 Å². The number of imide groups is 2. The van der Waals surface area contributed by atoms with Gasteiger partial charge in [0.2, 0.25) is 11.8 Å². The van der Waals surface area contributed by atoms with Crippen LogP contribution >= 0.6 is 15.9 Å². The van der Waals surface area contributed by atoms with E-state index in [2.05, 4.69) is 21.4 Å². The van der Waals surface area contributed by atoms with Crippen molar-refractivity contribution in [3.05, 3.63) is 148 Å². The lowest BCUT2D eigenvalue weighted by Gasteiger charge is -2.51. The van der Waals surface area contributed by atoms with Crippen LogP contribution in [0.5, 0.6) is 5.75 Å². The van der Waals surface area contributed by atoms with Crippen molar-refractivity contribution in [1.29, 1.82) is 0 Å². The zero-order chi connectivity index (χ0) is 35.9. The molecule has 2 aliphatic carbocycles. The Morgan fingerprint density at radius 3 is 2.23 bits per heavy atom. The number of amides is 4. The third-order valence-electron chi connectivity index (χ3n) is 11.7. The average molecular weight is 753 g/mol. The van der Waals surface area contributed by atoms with E-state index in [1.165, 1.54) is 4.90 Å². The van der Waals surface area contributed by atoms with Crippen molar-refractivity contribution in [2.45, 2.75) is 31.1 Å². The first-order chi connectivity index (χ1) is 25.2. The van der Waals surface area contributed by atoms with Gasteiger partial charge in [-0.1, -0.05) is 106 Å². The Morgan fingerprint density at radius 2 is 1.48 bits per heavy atom. The molecule has 0 bridgehead atoms. The molecular weight excluding hydrogens is 718 g/mol. The van der Waals surface area contributed by atoms with Crippen molar-refractivity contribution in [3.8, 4) is 5.75 Å². The first-order valence-electron chi connectivity index (χ1n) is 17.5. The van der Waals surface area contributed by atoms with Crippen LogP contribution in [-0.2, 0) is 24.6 Å². The molecule has 258 valence electrons. The van der Waals surface area contributed by atoms with Gasteiger partial charge < -0.3 is 5.11 Å². The number of aromatic hydroxyl groups is 1. The maximum absolute atomic E-state index is 15.5. The van der Waals surface area contributed by atoms with Crippen LogP contribution < -0.4 is 10.3 Å². The number of hydrogen-bond donors (Lipinski definition) is 2. The summed E-state index contributed by atoms with van der Waals surface area (Å²) in [6.45, 7) is 1.96. The predicted octanol–water partition coefficient (Wildman–Crippen LogP) is 7.81. The molecule has 0 radical (unpaired) electrons. The van der Waals surface area contributed by atoms with E-state index >= 15 is 4.79 Å². The average Bonchev–Trinajstić information content (AvgIpc) is 3.54. The minimum atomic E-state index is -1.48. The van der Waals surface area contributed by atoms with E-state index in [1.807, 2.05) is 97.9 Å². The third-order valence-corrected chi connectivity index (χ3v) is 12.2. The molecule has 5 aromatic rings. The molecule has 0 unspecified atom stereocenters. The van der Waals surface area contributed by atoms with Gasteiger partial charge in [-0.2, -0.15) is 5.01 Å². The maximum atomic E-state index is 15.5. The maximum Gasteiger partial charge on any atom is 0.260 e. The first kappa shape index (κ1) is 32.4. The van der Waals surface area contributed by atoms with E-state index in [1.54, 1.807) is 30.3 Å². The lowest BCUT2D eigenvalue weighted by Crippen LogP contribution is -2.53. The fourth-order valence-corrected chi connectivity index (χ4v) is 9.76. The second-order valence-electron chi connectivity index (χ2n) is 14.3. The van der Waals surface area contributed by atoms with Crippen LogP contribution in [-0.4, -0.2) is 33.7 Å². The van der Waals surface area contributed by atoms with Crippen molar-refractivity contribution >= 4 is 61.7 Å². The minimum absolute atomic E-state index is 0.00284. The Hall–Kier alpha value is -5.54. The van der Waals surface area contributed by atoms with Gasteiger partial charge in [0, 0.05) is 16.0 Å². The van der Waals surface area contributed by atoms with Crippen molar-refractivity contribution < 1.29 is 24.3 Å². The van der Waals surface area contributed by atoms with Gasteiger partial charge >= 0.3 is 0 Å². The number of nitrogens with one attached hydrogen (secondary N) is 1. The van der Waals surface area contributed by atoms with Gasteiger partial charge in [-0.05, 0) is 84.5 Å². The van der Waals surface area contributed by atoms with Crippen LogP contribution in [0, 0.1) is 30.6 Å². The zero-order valence-corrected chi connectivity index (χ0v) is 29.8. The summed E-state index contributed by atoms with van der Waals surface area (Å²) in [5.74, 6) is -5.10. The molecule has 9 rings (SSSR count). The SMILES string of the molecule is Cc1ccc(NN2C(=O)[C@@H]3C[C@@H]4C(=CC[C@@H]5C(=O)N(c6ccc(Br)cc6)C(=O)[C@@H]54)[C@H](c4c(O)ccc5ccccc45)[C@]3(c3ccccc3)C2=O)cc1. The van der Waals surface area contributed by atoms with E-state index in [9.17, 15) is 19.5 Å². The Labute approximate surface area is 308 Å². The summed E-state index contributed by atoms with van der Waals surface area (Å²) >= 11 is 3.45. The number of benzene rings is 5. The van der Waals surface area contributed by atoms with Crippen molar-refractivity contribution in [2.75, 3.05) is 10.3 Å². The Morgan fingerprint density at radius 1 is 0.769 bits per heavy atom. The summed E-state index contributed by atoms with van der Waals surface area (Å²) in [5.41, 5.74) is 5.74. The highest BCUT2D eigenvalue weighted by Crippen LogP contribution is 2.65. The van der Waals surface area contributed by atoms with E-state index in [0.29, 0.717) is 28.9 Å². The number of halogens is 1. The minimum Gasteiger partial charge on any atom is -0.508 e. The standard InChI is InChI=1S/C43H34BrN3O5/c1-24-11-16-28(17-12-24)45-47-40(50)34-23-33-31(20-21-32-36(33)41(51)46(39(32)49)29-18-14-27(44)15-19-29)38(43(34,42(47)52)26-8-3-2-4-9-26)37-30-10-6-5-7-25(30)13-22-35(37)48/h2-20,22,32-34,36,38,45,48H,21,23H2,1H3/t32-,33+,34-,36-,38+,43+/m0/s1. The molecule has 4 aliphatic rings. The lowest BCUT2D eigenvalue weighted by atomic mass is 9.48. The number of hydrazine groups is 1. The number of carbonyl (C=O) groups excluding carboxylic acids is 4. The number of nitrogens with zero attached hydrogens (tertiary/aromatic N) is 2. The molecule has 5 aromatic carbocycles. The fourth-order valence-electron chi connectivity index (χ4n) is 9.49. The second kappa shape index (κ2) is 12.0. The molecule has 0 spiro atoms. The highest BCUT2D eigenvalue weighted by atomic mass is 79.9. The number of phenolic OH excluding ortho intramolecular Hbond substituents is 1. The lowest BCUT2D eigenvalue weighted by molar-refractivity contribution is -0.138. The summed E-state index contributed by atoms with van der Waals surface area (Å²) in [4.78, 5) is 60.4. The highest BCUT2D eigenvalue weighted by Gasteiger charge is 2.70. The summed E-state index contributed by atoms with van der Waals surface area (Å²) in [5, 5.41) is 14.7. The van der Waals surface area contributed by atoms with Crippen LogP contribution in [0.4, 0.5) is 11.4 Å². The summed E-state index contributed by atoms with van der Waals surface area (Å²) in [6, 6.07) is 35.1. The number of anilines is 2. The number of aryl methyl sites for hydroxylation is 1. The van der Waals surface area contributed by atoms with Gasteiger partial charge in [-0.25, -0.2) is 0 Å². The molecule has 2 N–H and O–H groups in total. The largest absolute Gasteiger partial charge is 0.508 e. The number of allylic oxidation sites excluding steroid dienone is 2. The first-order valence-corrected chi connectivity index (χ1v) is 18.3.